The van der Waals surface area contributed by atoms with Crippen LogP contribution in [0.4, 0.5) is 0 Å². The van der Waals surface area contributed by atoms with Gasteiger partial charge in [0.05, 0.1) is 25.8 Å². The van der Waals surface area contributed by atoms with Crippen molar-refractivity contribution in [1.82, 2.24) is 14.6 Å². The standard InChI is InChI=1S/C8H13N3O2/c1-10-3-2-9-8(10)5-11-4-7(12)6-13-11/h2-3,7,12H,4-6H2,1H3/t7-/m0/s1. The Labute approximate surface area is 76.5 Å². The van der Waals surface area contributed by atoms with E-state index in [0.29, 0.717) is 19.7 Å². The van der Waals surface area contributed by atoms with Gasteiger partial charge in [-0.2, -0.15) is 5.06 Å². The molecule has 0 aliphatic carbocycles. The summed E-state index contributed by atoms with van der Waals surface area (Å²) in [6.45, 7) is 1.58. The minimum atomic E-state index is -0.361. The lowest BCUT2D eigenvalue weighted by molar-refractivity contribution is -0.119. The zero-order chi connectivity index (χ0) is 9.26. The van der Waals surface area contributed by atoms with E-state index in [0.717, 1.165) is 5.82 Å². The van der Waals surface area contributed by atoms with Crippen molar-refractivity contribution in [3.63, 3.8) is 0 Å². The molecule has 1 aromatic rings. The Balaban J connectivity index is 1.95. The molecule has 0 amide bonds. The Morgan fingerprint density at radius 2 is 2.62 bits per heavy atom. The zero-order valence-corrected chi connectivity index (χ0v) is 7.55. The number of nitrogens with zero attached hydrogens (tertiary/aromatic N) is 3. The second kappa shape index (κ2) is 3.45. The predicted octanol–water partition coefficient (Wildman–Crippen LogP) is -0.472. The lowest BCUT2D eigenvalue weighted by Gasteiger charge is -2.12. The number of β-amino-alcohol motifs (C(OH)–C–C–N with tert-alkyl or cyclic N) is 1. The number of aryl methyl sites for hydroxylation is 1. The van der Waals surface area contributed by atoms with Gasteiger partial charge in [-0.25, -0.2) is 4.98 Å². The third kappa shape index (κ3) is 1.88. The van der Waals surface area contributed by atoms with E-state index >= 15 is 0 Å². The molecule has 1 aromatic heterocycles. The van der Waals surface area contributed by atoms with Crippen LogP contribution in [0.5, 0.6) is 0 Å². The molecule has 5 heteroatoms. The summed E-state index contributed by atoms with van der Waals surface area (Å²) in [7, 11) is 1.94. The largest absolute Gasteiger partial charge is 0.389 e. The van der Waals surface area contributed by atoms with Gasteiger partial charge in [0, 0.05) is 19.4 Å². The highest BCUT2D eigenvalue weighted by molar-refractivity contribution is 4.90. The molecule has 1 N–H and O–H groups in total. The van der Waals surface area contributed by atoms with E-state index in [4.69, 9.17) is 4.84 Å². The molecule has 0 bridgehead atoms. The molecule has 1 fully saturated rings. The van der Waals surface area contributed by atoms with Gasteiger partial charge < -0.3 is 9.67 Å². The maximum atomic E-state index is 9.20. The molecule has 5 nitrogen and oxygen atoms in total. The molecule has 1 aliphatic heterocycles. The van der Waals surface area contributed by atoms with Gasteiger partial charge in [-0.05, 0) is 0 Å². The van der Waals surface area contributed by atoms with Crippen molar-refractivity contribution in [2.75, 3.05) is 13.2 Å². The van der Waals surface area contributed by atoms with Gasteiger partial charge in [-0.1, -0.05) is 0 Å². The fourth-order valence-corrected chi connectivity index (χ4v) is 1.35. The summed E-state index contributed by atoms with van der Waals surface area (Å²) in [6.07, 6.45) is 3.28. The predicted molar refractivity (Wildman–Crippen MR) is 45.6 cm³/mol. The average molecular weight is 183 g/mol. The van der Waals surface area contributed by atoms with E-state index in [-0.39, 0.29) is 6.10 Å². The van der Waals surface area contributed by atoms with Crippen LogP contribution in [0, 0.1) is 0 Å². The molecule has 0 spiro atoms. The molecule has 0 radical (unpaired) electrons. The fourth-order valence-electron chi connectivity index (χ4n) is 1.35. The first-order chi connectivity index (χ1) is 6.25. The van der Waals surface area contributed by atoms with Gasteiger partial charge in [-0.3, -0.25) is 4.84 Å². The van der Waals surface area contributed by atoms with Crippen LogP contribution >= 0.6 is 0 Å². The Morgan fingerprint density at radius 3 is 3.15 bits per heavy atom. The van der Waals surface area contributed by atoms with Crippen molar-refractivity contribution >= 4 is 0 Å². The van der Waals surface area contributed by atoms with Crippen LogP contribution in [0.3, 0.4) is 0 Å². The van der Waals surface area contributed by atoms with Crippen LogP contribution in [0.15, 0.2) is 12.4 Å². The lowest BCUT2D eigenvalue weighted by atomic mass is 10.4. The maximum Gasteiger partial charge on any atom is 0.125 e. The molecule has 0 aromatic carbocycles. The second-order valence-corrected chi connectivity index (χ2v) is 3.23. The summed E-state index contributed by atoms with van der Waals surface area (Å²) in [5, 5.41) is 10.9. The quantitative estimate of drug-likeness (QED) is 0.673. The molecule has 1 aliphatic rings. The number of aromatic nitrogens is 2. The number of hydrogen-bond acceptors (Lipinski definition) is 4. The van der Waals surface area contributed by atoms with Crippen LogP contribution in [-0.2, 0) is 18.4 Å². The van der Waals surface area contributed by atoms with Gasteiger partial charge in [0.25, 0.3) is 0 Å². The highest BCUT2D eigenvalue weighted by Gasteiger charge is 2.22. The number of hydrogen-bond donors (Lipinski definition) is 1. The molecule has 0 unspecified atom stereocenters. The third-order valence-electron chi connectivity index (χ3n) is 2.10. The van der Waals surface area contributed by atoms with Gasteiger partial charge in [0.1, 0.15) is 5.82 Å². The van der Waals surface area contributed by atoms with E-state index in [1.54, 1.807) is 11.3 Å². The van der Waals surface area contributed by atoms with E-state index < -0.39 is 0 Å². The van der Waals surface area contributed by atoms with E-state index in [1.807, 2.05) is 17.8 Å². The van der Waals surface area contributed by atoms with Crippen molar-refractivity contribution in [2.24, 2.45) is 7.05 Å². The lowest BCUT2D eigenvalue weighted by Crippen LogP contribution is -2.22. The highest BCUT2D eigenvalue weighted by Crippen LogP contribution is 2.09. The van der Waals surface area contributed by atoms with Crippen LogP contribution in [-0.4, -0.2) is 39.0 Å². The minimum Gasteiger partial charge on any atom is -0.389 e. The summed E-state index contributed by atoms with van der Waals surface area (Å²) in [4.78, 5) is 9.39. The molecule has 13 heavy (non-hydrogen) atoms. The van der Waals surface area contributed by atoms with Gasteiger partial charge in [-0.15, -0.1) is 0 Å². The molecule has 72 valence electrons. The summed E-state index contributed by atoms with van der Waals surface area (Å²) >= 11 is 0. The summed E-state index contributed by atoms with van der Waals surface area (Å²) in [5.74, 6) is 0.939. The third-order valence-corrected chi connectivity index (χ3v) is 2.10. The first-order valence-electron chi connectivity index (χ1n) is 4.28. The number of aliphatic hydroxyl groups is 1. The number of aliphatic hydroxyl groups excluding tert-OH is 1. The number of hydroxylamine groups is 2. The average Bonchev–Trinajstić information content (AvgIpc) is 2.64. The van der Waals surface area contributed by atoms with Crippen molar-refractivity contribution in [3.05, 3.63) is 18.2 Å². The molecule has 2 rings (SSSR count). The summed E-state index contributed by atoms with van der Waals surface area (Å²) in [5.41, 5.74) is 0. The van der Waals surface area contributed by atoms with Crippen LogP contribution < -0.4 is 0 Å². The van der Waals surface area contributed by atoms with E-state index in [9.17, 15) is 5.11 Å². The zero-order valence-electron chi connectivity index (χ0n) is 7.55. The Morgan fingerprint density at radius 1 is 1.77 bits per heavy atom. The van der Waals surface area contributed by atoms with Gasteiger partial charge in [0.2, 0.25) is 0 Å². The first-order valence-corrected chi connectivity index (χ1v) is 4.28. The molecule has 1 atom stereocenters. The van der Waals surface area contributed by atoms with Crippen molar-refractivity contribution in [1.29, 1.82) is 0 Å². The fraction of sp³-hybridized carbons (Fsp3) is 0.625. The monoisotopic (exact) mass is 183 g/mol. The van der Waals surface area contributed by atoms with Gasteiger partial charge in [0.15, 0.2) is 0 Å². The van der Waals surface area contributed by atoms with Crippen LogP contribution in [0.2, 0.25) is 0 Å². The van der Waals surface area contributed by atoms with Crippen LogP contribution in [0.1, 0.15) is 5.82 Å². The Kier molecular flexibility index (Phi) is 2.30. The normalized spacial score (nSPS) is 24.0. The first kappa shape index (κ1) is 8.68. The Hall–Kier alpha value is -0.910. The van der Waals surface area contributed by atoms with E-state index in [2.05, 4.69) is 4.98 Å². The smallest absolute Gasteiger partial charge is 0.125 e. The minimum absolute atomic E-state index is 0.361. The van der Waals surface area contributed by atoms with Gasteiger partial charge >= 0.3 is 0 Å². The molecule has 0 saturated carbocycles. The second-order valence-electron chi connectivity index (χ2n) is 3.23. The molecule has 2 heterocycles. The topological polar surface area (TPSA) is 50.5 Å². The number of rotatable bonds is 2. The van der Waals surface area contributed by atoms with Crippen LogP contribution in [0.25, 0.3) is 0 Å². The van der Waals surface area contributed by atoms with Crippen molar-refractivity contribution in [2.45, 2.75) is 12.6 Å². The SMILES string of the molecule is Cn1ccnc1CN1C[C@H](O)CO1. The van der Waals surface area contributed by atoms with Crippen molar-refractivity contribution < 1.29 is 9.94 Å². The molecular formula is C8H13N3O2. The van der Waals surface area contributed by atoms with Crippen molar-refractivity contribution in [3.8, 4) is 0 Å². The maximum absolute atomic E-state index is 9.20. The van der Waals surface area contributed by atoms with E-state index in [1.165, 1.54) is 0 Å². The Bertz CT molecular complexity index is 287. The molecular weight excluding hydrogens is 170 g/mol. The number of imidazole rings is 1. The molecule has 1 saturated heterocycles. The summed E-state index contributed by atoms with van der Waals surface area (Å²) < 4.78 is 1.94. The summed E-state index contributed by atoms with van der Waals surface area (Å²) in [6, 6.07) is 0. The highest BCUT2D eigenvalue weighted by atomic mass is 16.7.